The molecule has 0 aliphatic carbocycles. The van der Waals surface area contributed by atoms with Crippen molar-refractivity contribution >= 4 is 27.5 Å². The molecule has 1 N–H and O–H groups in total. The van der Waals surface area contributed by atoms with Gasteiger partial charge in [-0.25, -0.2) is 8.42 Å². The number of carbonyl (C=O) groups is 2. The van der Waals surface area contributed by atoms with E-state index in [1.54, 1.807) is 22.5 Å². The van der Waals surface area contributed by atoms with Crippen LogP contribution in [0, 0.1) is 6.92 Å². The summed E-state index contributed by atoms with van der Waals surface area (Å²) in [6.45, 7) is 4.79. The van der Waals surface area contributed by atoms with Gasteiger partial charge >= 0.3 is 0 Å². The number of benzene rings is 2. The van der Waals surface area contributed by atoms with Gasteiger partial charge in [-0.1, -0.05) is 36.2 Å². The lowest BCUT2D eigenvalue weighted by Gasteiger charge is -2.33. The Morgan fingerprint density at radius 2 is 1.85 bits per heavy atom. The minimum absolute atomic E-state index is 0.0184. The van der Waals surface area contributed by atoms with Crippen molar-refractivity contribution in [1.82, 2.24) is 9.62 Å². The standard InChI is InChI=1S/C25H31N3O4S/c1-18-6-8-20(9-7-18)16-26-24(29)17-27-23-12-11-22(15-21(23)10-13-25(27)30)33(31,32)28-14-4-3-5-19(28)2/h6-9,11-12,15,19H,3-5,10,13-14,16-17H2,1-2H3,(H,26,29). The van der Waals surface area contributed by atoms with E-state index in [1.165, 1.54) is 4.90 Å². The van der Waals surface area contributed by atoms with Gasteiger partial charge in [-0.15, -0.1) is 0 Å². The predicted molar refractivity (Wildman–Crippen MR) is 127 cm³/mol. The van der Waals surface area contributed by atoms with Crippen molar-refractivity contribution in [1.29, 1.82) is 0 Å². The van der Waals surface area contributed by atoms with Gasteiger partial charge in [-0.3, -0.25) is 9.59 Å². The number of piperidine rings is 1. The Morgan fingerprint density at radius 3 is 2.58 bits per heavy atom. The number of rotatable bonds is 6. The van der Waals surface area contributed by atoms with Crippen molar-refractivity contribution in [3.63, 3.8) is 0 Å². The highest BCUT2D eigenvalue weighted by Crippen LogP contribution is 2.32. The van der Waals surface area contributed by atoms with E-state index in [-0.39, 0.29) is 35.7 Å². The van der Waals surface area contributed by atoms with Gasteiger partial charge in [0.05, 0.1) is 4.90 Å². The first-order valence-electron chi connectivity index (χ1n) is 11.5. The molecule has 2 amide bonds. The summed E-state index contributed by atoms with van der Waals surface area (Å²) in [7, 11) is -3.59. The average Bonchev–Trinajstić information content (AvgIpc) is 2.80. The van der Waals surface area contributed by atoms with E-state index in [2.05, 4.69) is 5.32 Å². The maximum Gasteiger partial charge on any atom is 0.243 e. The number of nitrogens with one attached hydrogen (secondary N) is 1. The molecule has 2 aliphatic rings. The van der Waals surface area contributed by atoms with Crippen LogP contribution < -0.4 is 10.2 Å². The second-order valence-electron chi connectivity index (χ2n) is 8.99. The van der Waals surface area contributed by atoms with Gasteiger partial charge in [-0.05, 0) is 62.4 Å². The number of amides is 2. The summed E-state index contributed by atoms with van der Waals surface area (Å²) in [5.41, 5.74) is 3.53. The van der Waals surface area contributed by atoms with Crippen molar-refractivity contribution in [2.24, 2.45) is 0 Å². The van der Waals surface area contributed by atoms with E-state index in [9.17, 15) is 18.0 Å². The van der Waals surface area contributed by atoms with Crippen LogP contribution in [0.2, 0.25) is 0 Å². The zero-order valence-corrected chi connectivity index (χ0v) is 20.0. The van der Waals surface area contributed by atoms with Crippen LogP contribution in [-0.2, 0) is 32.6 Å². The number of aryl methyl sites for hydroxylation is 2. The van der Waals surface area contributed by atoms with Crippen molar-refractivity contribution in [3.05, 3.63) is 59.2 Å². The van der Waals surface area contributed by atoms with Crippen LogP contribution in [0.15, 0.2) is 47.4 Å². The molecule has 1 saturated heterocycles. The first kappa shape index (κ1) is 23.4. The monoisotopic (exact) mass is 469 g/mol. The number of hydrogen-bond donors (Lipinski definition) is 1. The summed E-state index contributed by atoms with van der Waals surface area (Å²) < 4.78 is 28.0. The maximum atomic E-state index is 13.2. The van der Waals surface area contributed by atoms with Crippen molar-refractivity contribution < 1.29 is 18.0 Å². The fourth-order valence-corrected chi connectivity index (χ4v) is 6.29. The van der Waals surface area contributed by atoms with Crippen LogP contribution in [0.5, 0.6) is 0 Å². The van der Waals surface area contributed by atoms with Crippen LogP contribution in [0.4, 0.5) is 5.69 Å². The summed E-state index contributed by atoms with van der Waals surface area (Å²) in [5, 5.41) is 2.87. The van der Waals surface area contributed by atoms with Crippen molar-refractivity contribution in [3.8, 4) is 0 Å². The topological polar surface area (TPSA) is 86.8 Å². The Bertz CT molecular complexity index is 1140. The molecule has 2 aliphatic heterocycles. The third-order valence-corrected chi connectivity index (χ3v) is 8.52. The zero-order chi connectivity index (χ0) is 23.6. The Hall–Kier alpha value is -2.71. The van der Waals surface area contributed by atoms with Gasteiger partial charge in [-0.2, -0.15) is 4.31 Å². The van der Waals surface area contributed by atoms with Gasteiger partial charge in [0.2, 0.25) is 21.8 Å². The van der Waals surface area contributed by atoms with Crippen LogP contribution in [0.3, 0.4) is 0 Å². The number of hydrogen-bond acceptors (Lipinski definition) is 4. The third kappa shape index (κ3) is 5.12. The molecule has 4 rings (SSSR count). The van der Waals surface area contributed by atoms with E-state index in [4.69, 9.17) is 0 Å². The fraction of sp³-hybridized carbons (Fsp3) is 0.440. The lowest BCUT2D eigenvalue weighted by atomic mass is 10.0. The third-order valence-electron chi connectivity index (χ3n) is 6.51. The molecule has 1 atom stereocenters. The molecule has 0 bridgehead atoms. The van der Waals surface area contributed by atoms with Crippen molar-refractivity contribution in [2.75, 3.05) is 18.0 Å². The molecule has 1 fully saturated rings. The maximum absolute atomic E-state index is 13.2. The minimum atomic E-state index is -3.59. The highest BCUT2D eigenvalue weighted by atomic mass is 32.2. The van der Waals surface area contributed by atoms with Gasteiger partial charge in [0, 0.05) is 31.2 Å². The van der Waals surface area contributed by atoms with E-state index in [0.717, 1.165) is 36.0 Å². The lowest BCUT2D eigenvalue weighted by Crippen LogP contribution is -2.43. The van der Waals surface area contributed by atoms with E-state index < -0.39 is 10.0 Å². The number of fused-ring (bicyclic) bond motifs is 1. The van der Waals surface area contributed by atoms with Gasteiger partial charge in [0.15, 0.2) is 0 Å². The first-order valence-corrected chi connectivity index (χ1v) is 13.0. The molecule has 2 heterocycles. The van der Waals surface area contributed by atoms with E-state index >= 15 is 0 Å². The SMILES string of the molecule is Cc1ccc(CNC(=O)CN2C(=O)CCc3cc(S(=O)(=O)N4CCCCC4C)ccc32)cc1. The van der Waals surface area contributed by atoms with Gasteiger partial charge < -0.3 is 10.2 Å². The summed E-state index contributed by atoms with van der Waals surface area (Å²) in [5.74, 6) is -0.385. The Labute approximate surface area is 195 Å². The molecule has 0 saturated carbocycles. The molecule has 0 aromatic heterocycles. The van der Waals surface area contributed by atoms with Gasteiger partial charge in [0.25, 0.3) is 0 Å². The average molecular weight is 470 g/mol. The molecule has 0 spiro atoms. The summed E-state index contributed by atoms with van der Waals surface area (Å²) in [6, 6.07) is 12.8. The second-order valence-corrected chi connectivity index (χ2v) is 10.9. The number of carbonyl (C=O) groups excluding carboxylic acids is 2. The Kier molecular flexibility index (Phi) is 6.86. The molecule has 1 unspecified atom stereocenters. The van der Waals surface area contributed by atoms with Crippen LogP contribution in [0.1, 0.15) is 49.3 Å². The summed E-state index contributed by atoms with van der Waals surface area (Å²) >= 11 is 0. The molecule has 8 heteroatoms. The van der Waals surface area contributed by atoms with Crippen molar-refractivity contribution in [2.45, 2.75) is 63.4 Å². The van der Waals surface area contributed by atoms with E-state index in [0.29, 0.717) is 25.2 Å². The Morgan fingerprint density at radius 1 is 1.09 bits per heavy atom. The minimum Gasteiger partial charge on any atom is -0.350 e. The smallest absolute Gasteiger partial charge is 0.243 e. The largest absolute Gasteiger partial charge is 0.350 e. The molecular weight excluding hydrogens is 438 g/mol. The molecule has 2 aromatic rings. The lowest BCUT2D eigenvalue weighted by molar-refractivity contribution is -0.124. The van der Waals surface area contributed by atoms with Crippen LogP contribution >= 0.6 is 0 Å². The Balaban J connectivity index is 1.49. The molecule has 33 heavy (non-hydrogen) atoms. The quantitative estimate of drug-likeness (QED) is 0.704. The first-order chi connectivity index (χ1) is 15.8. The molecule has 176 valence electrons. The van der Waals surface area contributed by atoms with Crippen LogP contribution in [-0.4, -0.2) is 43.7 Å². The van der Waals surface area contributed by atoms with E-state index in [1.807, 2.05) is 38.1 Å². The summed E-state index contributed by atoms with van der Waals surface area (Å²) in [6.07, 6.45) is 3.50. The molecule has 0 radical (unpaired) electrons. The van der Waals surface area contributed by atoms with Gasteiger partial charge in [0.1, 0.15) is 6.54 Å². The number of nitrogens with zero attached hydrogens (tertiary/aromatic N) is 2. The zero-order valence-electron chi connectivity index (χ0n) is 19.2. The summed E-state index contributed by atoms with van der Waals surface area (Å²) in [4.78, 5) is 26.9. The fourth-order valence-electron chi connectivity index (χ4n) is 4.54. The highest BCUT2D eigenvalue weighted by Gasteiger charge is 2.33. The molecular formula is C25H31N3O4S. The number of anilines is 1. The normalized spacial score (nSPS) is 19.3. The molecule has 2 aromatic carbocycles. The second kappa shape index (κ2) is 9.65. The highest BCUT2D eigenvalue weighted by molar-refractivity contribution is 7.89. The number of sulfonamides is 1. The van der Waals surface area contributed by atoms with Crippen LogP contribution in [0.25, 0.3) is 0 Å². The molecule has 7 nitrogen and oxygen atoms in total. The predicted octanol–water partition coefficient (Wildman–Crippen LogP) is 3.15.